The van der Waals surface area contributed by atoms with Crippen LogP contribution in [-0.4, -0.2) is 5.78 Å². The van der Waals surface area contributed by atoms with Crippen molar-refractivity contribution >= 4 is 5.78 Å². The number of hydrogen-bond acceptors (Lipinski definition) is 2. The Bertz CT molecular complexity index is 734. The molecule has 25 heavy (non-hydrogen) atoms. The van der Waals surface area contributed by atoms with E-state index in [4.69, 9.17) is 4.74 Å². The Morgan fingerprint density at radius 3 is 2.28 bits per heavy atom. The van der Waals surface area contributed by atoms with E-state index in [9.17, 15) is 9.18 Å². The lowest BCUT2D eigenvalue weighted by Gasteiger charge is -2.18. The van der Waals surface area contributed by atoms with E-state index >= 15 is 0 Å². The topological polar surface area (TPSA) is 26.3 Å². The van der Waals surface area contributed by atoms with Gasteiger partial charge in [-0.25, -0.2) is 4.39 Å². The van der Waals surface area contributed by atoms with Crippen molar-refractivity contribution in [1.82, 2.24) is 0 Å². The highest BCUT2D eigenvalue weighted by Crippen LogP contribution is 2.26. The van der Waals surface area contributed by atoms with Crippen molar-refractivity contribution in [2.75, 3.05) is 0 Å². The summed E-state index contributed by atoms with van der Waals surface area (Å²) < 4.78 is 19.0. The quantitative estimate of drug-likeness (QED) is 0.686. The molecular weight excluding hydrogens is 315 g/mol. The molecule has 2 aromatic rings. The average Bonchev–Trinajstić information content (AvgIpc) is 2.47. The van der Waals surface area contributed by atoms with Crippen molar-refractivity contribution < 1.29 is 13.9 Å². The molecule has 0 saturated carbocycles. The fraction of sp³-hybridized carbons (Fsp3) is 0.409. The summed E-state index contributed by atoms with van der Waals surface area (Å²) in [5.74, 6) is 0.736. The second-order valence-electron chi connectivity index (χ2n) is 7.91. The molecule has 3 heteroatoms. The number of rotatable bonds is 6. The summed E-state index contributed by atoms with van der Waals surface area (Å²) in [5, 5.41) is 0. The molecule has 2 rings (SSSR count). The van der Waals surface area contributed by atoms with Crippen LogP contribution in [-0.2, 0) is 17.8 Å². The zero-order valence-electron chi connectivity index (χ0n) is 15.8. The number of aryl methyl sites for hydroxylation is 2. The van der Waals surface area contributed by atoms with Crippen molar-refractivity contribution in [3.05, 3.63) is 64.5 Å². The van der Waals surface area contributed by atoms with Crippen LogP contribution in [0.4, 0.5) is 4.39 Å². The maximum Gasteiger partial charge on any atom is 0.137 e. The number of ether oxygens (including phenoxy) is 1. The molecule has 0 heterocycles. The van der Waals surface area contributed by atoms with Gasteiger partial charge in [-0.1, -0.05) is 32.9 Å². The number of halogens is 1. The van der Waals surface area contributed by atoms with E-state index in [2.05, 4.69) is 20.8 Å². The van der Waals surface area contributed by atoms with Crippen molar-refractivity contribution in [3.8, 4) is 5.75 Å². The van der Waals surface area contributed by atoms with Crippen molar-refractivity contribution in [3.63, 3.8) is 0 Å². The molecule has 2 nitrogen and oxygen atoms in total. The van der Waals surface area contributed by atoms with Crippen LogP contribution in [0, 0.1) is 25.1 Å². The summed E-state index contributed by atoms with van der Waals surface area (Å²) in [4.78, 5) is 12.3. The van der Waals surface area contributed by atoms with Gasteiger partial charge in [-0.05, 0) is 65.8 Å². The molecule has 0 amide bonds. The predicted molar refractivity (Wildman–Crippen MR) is 99.4 cm³/mol. The third-order valence-electron chi connectivity index (χ3n) is 4.07. The SMILES string of the molecule is Cc1cc(OCc2cccc(F)c2)cc(C)c1CC(=O)CC(C)(C)C. The van der Waals surface area contributed by atoms with Gasteiger partial charge in [0.2, 0.25) is 0 Å². The molecule has 0 unspecified atom stereocenters. The number of ketones is 1. The average molecular weight is 342 g/mol. The largest absolute Gasteiger partial charge is 0.489 e. The smallest absolute Gasteiger partial charge is 0.137 e. The first-order valence-corrected chi connectivity index (χ1v) is 8.63. The molecule has 2 aromatic carbocycles. The molecule has 0 atom stereocenters. The van der Waals surface area contributed by atoms with E-state index in [-0.39, 0.29) is 17.0 Å². The monoisotopic (exact) mass is 342 g/mol. The second kappa shape index (κ2) is 7.81. The summed E-state index contributed by atoms with van der Waals surface area (Å²) in [5.41, 5.74) is 3.98. The molecule has 134 valence electrons. The Labute approximate surface area is 150 Å². The highest BCUT2D eigenvalue weighted by Gasteiger charge is 2.18. The molecule has 0 aliphatic heterocycles. The third-order valence-corrected chi connectivity index (χ3v) is 4.07. The Morgan fingerprint density at radius 2 is 1.72 bits per heavy atom. The first-order valence-electron chi connectivity index (χ1n) is 8.63. The number of hydrogen-bond donors (Lipinski definition) is 0. The third kappa shape index (κ3) is 6.00. The van der Waals surface area contributed by atoms with Crippen LogP contribution in [0.25, 0.3) is 0 Å². The van der Waals surface area contributed by atoms with Gasteiger partial charge in [0, 0.05) is 12.8 Å². The first-order chi connectivity index (χ1) is 11.6. The minimum Gasteiger partial charge on any atom is -0.489 e. The Kier molecular flexibility index (Phi) is 5.99. The molecule has 0 spiro atoms. The van der Waals surface area contributed by atoms with Gasteiger partial charge < -0.3 is 4.74 Å². The molecule has 0 aliphatic carbocycles. The Balaban J connectivity index is 2.07. The van der Waals surface area contributed by atoms with Crippen LogP contribution >= 0.6 is 0 Å². The van der Waals surface area contributed by atoms with Gasteiger partial charge in [-0.15, -0.1) is 0 Å². The van der Waals surface area contributed by atoms with Crippen molar-refractivity contribution in [2.24, 2.45) is 5.41 Å². The number of carbonyl (C=O) groups excluding carboxylic acids is 1. The van der Waals surface area contributed by atoms with Crippen LogP contribution < -0.4 is 4.74 Å². The summed E-state index contributed by atoms with van der Waals surface area (Å²) in [6.45, 7) is 10.6. The highest BCUT2D eigenvalue weighted by molar-refractivity contribution is 5.82. The number of benzene rings is 2. The molecule has 0 bridgehead atoms. The Hall–Kier alpha value is -2.16. The lowest BCUT2D eigenvalue weighted by atomic mass is 9.87. The van der Waals surface area contributed by atoms with Crippen LogP contribution in [0.15, 0.2) is 36.4 Å². The first kappa shape index (κ1) is 19.2. The second-order valence-corrected chi connectivity index (χ2v) is 7.91. The minimum absolute atomic E-state index is 0.00685. The molecular formula is C22H27FO2. The summed E-state index contributed by atoms with van der Waals surface area (Å²) in [6, 6.07) is 10.3. The van der Waals surface area contributed by atoms with E-state index in [0.29, 0.717) is 19.4 Å². The standard InChI is InChI=1S/C22H27FO2/c1-15-9-20(25-14-17-7-6-8-18(23)11-17)10-16(2)21(15)12-19(24)13-22(3,4)5/h6-11H,12-14H2,1-5H3. The van der Waals surface area contributed by atoms with Gasteiger partial charge in [0.15, 0.2) is 0 Å². The molecule has 0 N–H and O–H groups in total. The van der Waals surface area contributed by atoms with Gasteiger partial charge in [0.25, 0.3) is 0 Å². The molecule has 0 aliphatic rings. The maximum absolute atomic E-state index is 13.2. The van der Waals surface area contributed by atoms with E-state index in [1.54, 1.807) is 6.07 Å². The minimum atomic E-state index is -0.263. The Morgan fingerprint density at radius 1 is 1.08 bits per heavy atom. The molecule has 0 aromatic heterocycles. The van der Waals surface area contributed by atoms with E-state index < -0.39 is 0 Å². The molecule has 0 fully saturated rings. The van der Waals surface area contributed by atoms with Crippen LogP contribution in [0.5, 0.6) is 5.75 Å². The van der Waals surface area contributed by atoms with Gasteiger partial charge in [0.05, 0.1) is 0 Å². The maximum atomic E-state index is 13.2. The summed E-state index contributed by atoms with van der Waals surface area (Å²) in [6.07, 6.45) is 1.03. The predicted octanol–water partition coefficient (Wildman–Crippen LogP) is 5.57. The van der Waals surface area contributed by atoms with Gasteiger partial charge in [0.1, 0.15) is 24.0 Å². The number of Topliss-reactive ketones (excluding diaryl/α,β-unsaturated/α-hetero) is 1. The lowest BCUT2D eigenvalue weighted by Crippen LogP contribution is -2.15. The zero-order valence-corrected chi connectivity index (χ0v) is 15.8. The number of carbonyl (C=O) groups is 1. The lowest BCUT2D eigenvalue weighted by molar-refractivity contribution is -0.120. The highest BCUT2D eigenvalue weighted by atomic mass is 19.1. The zero-order chi connectivity index (χ0) is 18.6. The fourth-order valence-corrected chi connectivity index (χ4v) is 2.96. The van der Waals surface area contributed by atoms with E-state index in [1.165, 1.54) is 12.1 Å². The normalized spacial score (nSPS) is 11.4. The van der Waals surface area contributed by atoms with Gasteiger partial charge in [-0.3, -0.25) is 4.79 Å². The molecule has 0 radical (unpaired) electrons. The van der Waals surface area contributed by atoms with E-state index in [1.807, 2.05) is 32.0 Å². The van der Waals surface area contributed by atoms with Gasteiger partial charge in [-0.2, -0.15) is 0 Å². The van der Waals surface area contributed by atoms with E-state index in [0.717, 1.165) is 28.0 Å². The summed E-state index contributed by atoms with van der Waals surface area (Å²) in [7, 11) is 0. The van der Waals surface area contributed by atoms with Crippen LogP contribution in [0.3, 0.4) is 0 Å². The van der Waals surface area contributed by atoms with Crippen molar-refractivity contribution in [1.29, 1.82) is 0 Å². The summed E-state index contributed by atoms with van der Waals surface area (Å²) >= 11 is 0. The fourth-order valence-electron chi connectivity index (χ4n) is 2.96. The molecule has 0 saturated heterocycles. The van der Waals surface area contributed by atoms with Crippen molar-refractivity contribution in [2.45, 2.75) is 54.1 Å². The van der Waals surface area contributed by atoms with Gasteiger partial charge >= 0.3 is 0 Å². The van der Waals surface area contributed by atoms with Crippen LogP contribution in [0.2, 0.25) is 0 Å². The van der Waals surface area contributed by atoms with Crippen LogP contribution in [0.1, 0.15) is 49.4 Å².